The van der Waals surface area contributed by atoms with Gasteiger partial charge in [0, 0.05) is 22.6 Å². The number of aryl methyl sites for hydroxylation is 1. The molecule has 5 nitrogen and oxygen atoms in total. The maximum Gasteiger partial charge on any atom is 0.265 e. The van der Waals surface area contributed by atoms with Crippen LogP contribution in [-0.2, 0) is 21.2 Å². The number of carbonyl (C=O) groups excluding carboxylic acids is 1. The monoisotopic (exact) mass is 464 g/mol. The third kappa shape index (κ3) is 3.45. The zero-order chi connectivity index (χ0) is 22.3. The van der Waals surface area contributed by atoms with Crippen molar-refractivity contribution in [1.29, 1.82) is 0 Å². The normalized spacial score (nSPS) is 18.6. The van der Waals surface area contributed by atoms with Crippen LogP contribution < -0.4 is 9.62 Å². The second kappa shape index (κ2) is 8.22. The summed E-state index contributed by atoms with van der Waals surface area (Å²) in [5.41, 5.74) is 3.70. The van der Waals surface area contributed by atoms with Crippen molar-refractivity contribution in [2.24, 2.45) is 0 Å². The summed E-state index contributed by atoms with van der Waals surface area (Å²) in [5, 5.41) is 5.34. The van der Waals surface area contributed by atoms with Gasteiger partial charge < -0.3 is 5.32 Å². The summed E-state index contributed by atoms with van der Waals surface area (Å²) >= 11 is 1.47. The molecule has 0 saturated carbocycles. The smallest absolute Gasteiger partial charge is 0.265 e. The number of Topliss-reactive ketones (excluding diaryl/α,β-unsaturated/α-hetero) is 1. The van der Waals surface area contributed by atoms with Crippen LogP contribution in [0.1, 0.15) is 42.7 Å². The Morgan fingerprint density at radius 3 is 2.53 bits per heavy atom. The average Bonchev–Trinajstić information content (AvgIpc) is 3.28. The lowest BCUT2D eigenvalue weighted by Crippen LogP contribution is -2.37. The number of benzene rings is 2. The maximum absolute atomic E-state index is 14.2. The van der Waals surface area contributed by atoms with Gasteiger partial charge in [0.2, 0.25) is 0 Å². The largest absolute Gasteiger partial charge is 0.357 e. The first kappa shape index (κ1) is 21.0. The Kier molecular flexibility index (Phi) is 5.39. The van der Waals surface area contributed by atoms with Crippen molar-refractivity contribution >= 4 is 38.5 Å². The molecule has 1 atom stereocenters. The van der Waals surface area contributed by atoms with E-state index in [0.29, 0.717) is 23.4 Å². The summed E-state index contributed by atoms with van der Waals surface area (Å²) in [7, 11) is -3.96. The lowest BCUT2D eigenvalue weighted by molar-refractivity contribution is -0.116. The summed E-state index contributed by atoms with van der Waals surface area (Å²) < 4.78 is 29.8. The number of nitrogens with zero attached hydrogens (tertiary/aromatic N) is 1. The van der Waals surface area contributed by atoms with Gasteiger partial charge in [0.05, 0.1) is 16.3 Å². The molecule has 2 aliphatic rings. The molecule has 1 aromatic heterocycles. The topological polar surface area (TPSA) is 66.5 Å². The number of para-hydroxylation sites is 2. The number of sulfonamides is 1. The van der Waals surface area contributed by atoms with Crippen LogP contribution in [0.3, 0.4) is 0 Å². The van der Waals surface area contributed by atoms with E-state index in [9.17, 15) is 13.2 Å². The molecule has 2 heterocycles. The fourth-order valence-corrected chi connectivity index (χ4v) is 7.00. The van der Waals surface area contributed by atoms with E-state index in [1.165, 1.54) is 15.6 Å². The fraction of sp³-hybridized carbons (Fsp3) is 0.240. The summed E-state index contributed by atoms with van der Waals surface area (Å²) in [4.78, 5) is 14.3. The summed E-state index contributed by atoms with van der Waals surface area (Å²) in [5.74, 6) is 0.00601. The molecule has 0 fully saturated rings. The summed E-state index contributed by atoms with van der Waals surface area (Å²) in [6.45, 7) is 2.04. The Balaban J connectivity index is 1.79. The highest BCUT2D eigenvalue weighted by Crippen LogP contribution is 2.48. The van der Waals surface area contributed by atoms with Crippen LogP contribution in [0.25, 0.3) is 0 Å². The molecule has 32 heavy (non-hydrogen) atoms. The average molecular weight is 465 g/mol. The van der Waals surface area contributed by atoms with Gasteiger partial charge in [-0.05, 0) is 60.5 Å². The van der Waals surface area contributed by atoms with E-state index in [4.69, 9.17) is 0 Å². The predicted octanol–water partition coefficient (Wildman–Crippen LogP) is 5.68. The number of hydrogen-bond acceptors (Lipinski definition) is 5. The number of thiophene rings is 1. The second-order valence-electron chi connectivity index (χ2n) is 8.03. The van der Waals surface area contributed by atoms with Gasteiger partial charge in [-0.1, -0.05) is 37.3 Å². The van der Waals surface area contributed by atoms with Gasteiger partial charge >= 0.3 is 0 Å². The number of allylic oxidation sites excluding steroid dienone is 1. The SMILES string of the molecule is CCc1ccc(S(=O)(=O)N2c3ccccc3NC3=C(C(=O)CCC3)[C@H]2c2cccs2)cc1. The lowest BCUT2D eigenvalue weighted by Gasteiger charge is -2.33. The molecule has 0 spiro atoms. The number of fused-ring (bicyclic) bond motifs is 1. The summed E-state index contributed by atoms with van der Waals surface area (Å²) in [6.07, 6.45) is 2.74. The first-order valence-electron chi connectivity index (χ1n) is 10.8. The van der Waals surface area contributed by atoms with Crippen molar-refractivity contribution in [2.45, 2.75) is 43.5 Å². The number of hydrogen-bond donors (Lipinski definition) is 1. The highest BCUT2D eigenvalue weighted by atomic mass is 32.2. The molecule has 5 rings (SSSR count). The molecule has 3 aromatic rings. The number of rotatable bonds is 4. The minimum atomic E-state index is -3.96. The van der Waals surface area contributed by atoms with Gasteiger partial charge in [-0.3, -0.25) is 9.10 Å². The third-order valence-electron chi connectivity index (χ3n) is 6.09. The van der Waals surface area contributed by atoms with Crippen LogP contribution in [0.15, 0.2) is 82.2 Å². The zero-order valence-corrected chi connectivity index (χ0v) is 19.4. The fourth-order valence-electron chi connectivity index (χ4n) is 4.48. The quantitative estimate of drug-likeness (QED) is 0.539. The van der Waals surface area contributed by atoms with Gasteiger partial charge in [0.25, 0.3) is 10.0 Å². The minimum absolute atomic E-state index is 0.00601. The van der Waals surface area contributed by atoms with Crippen molar-refractivity contribution in [3.8, 4) is 0 Å². The molecule has 1 N–H and O–H groups in total. The van der Waals surface area contributed by atoms with E-state index in [1.54, 1.807) is 12.1 Å². The van der Waals surface area contributed by atoms with E-state index in [2.05, 4.69) is 5.32 Å². The van der Waals surface area contributed by atoms with Crippen LogP contribution in [0, 0.1) is 0 Å². The predicted molar refractivity (Wildman–Crippen MR) is 128 cm³/mol. The van der Waals surface area contributed by atoms with Crippen LogP contribution in [0.2, 0.25) is 0 Å². The van der Waals surface area contributed by atoms with Crippen molar-refractivity contribution in [2.75, 3.05) is 9.62 Å². The second-order valence-corrected chi connectivity index (χ2v) is 10.8. The Bertz CT molecular complexity index is 1290. The van der Waals surface area contributed by atoms with E-state index >= 15 is 0 Å². The Morgan fingerprint density at radius 2 is 1.81 bits per heavy atom. The standard InChI is InChI=1S/C25H24N2O3S2/c1-2-17-12-14-18(15-13-17)32(29,30)27-21-9-4-3-7-19(21)26-20-8-5-10-22(28)24(20)25(27)23-11-6-16-31-23/h3-4,6-7,9,11-16,25-26H,2,5,8,10H2,1H3/t25-/m1/s1. The summed E-state index contributed by atoms with van der Waals surface area (Å²) in [6, 6.07) is 17.5. The van der Waals surface area contributed by atoms with Crippen LogP contribution in [-0.4, -0.2) is 14.2 Å². The van der Waals surface area contributed by atoms with E-state index in [1.807, 2.05) is 60.8 Å². The van der Waals surface area contributed by atoms with E-state index in [-0.39, 0.29) is 10.7 Å². The van der Waals surface area contributed by atoms with Crippen molar-refractivity contribution in [3.05, 3.63) is 87.8 Å². The van der Waals surface area contributed by atoms with Gasteiger partial charge in [0.15, 0.2) is 5.78 Å². The van der Waals surface area contributed by atoms with Crippen LogP contribution >= 0.6 is 11.3 Å². The van der Waals surface area contributed by atoms with Gasteiger partial charge in [-0.15, -0.1) is 11.3 Å². The Hall–Kier alpha value is -2.90. The number of anilines is 2. The zero-order valence-electron chi connectivity index (χ0n) is 17.7. The van der Waals surface area contributed by atoms with Crippen molar-refractivity contribution < 1.29 is 13.2 Å². The Morgan fingerprint density at radius 1 is 1.03 bits per heavy atom. The molecule has 0 radical (unpaired) electrons. The molecule has 7 heteroatoms. The molecule has 2 aromatic carbocycles. The van der Waals surface area contributed by atoms with Gasteiger partial charge in [-0.2, -0.15) is 0 Å². The molecule has 1 aliphatic carbocycles. The third-order valence-corrected chi connectivity index (χ3v) is 8.81. The minimum Gasteiger partial charge on any atom is -0.357 e. The maximum atomic E-state index is 14.2. The molecular formula is C25H24N2O3S2. The molecular weight excluding hydrogens is 440 g/mol. The number of ketones is 1. The van der Waals surface area contributed by atoms with E-state index in [0.717, 1.165) is 35.4 Å². The van der Waals surface area contributed by atoms with Crippen LogP contribution in [0.4, 0.5) is 11.4 Å². The number of carbonyl (C=O) groups is 1. The first-order valence-corrected chi connectivity index (χ1v) is 13.1. The van der Waals surface area contributed by atoms with Gasteiger partial charge in [-0.25, -0.2) is 8.42 Å². The highest BCUT2D eigenvalue weighted by Gasteiger charge is 2.42. The van der Waals surface area contributed by atoms with Crippen LogP contribution in [0.5, 0.6) is 0 Å². The Labute approximate surface area is 192 Å². The lowest BCUT2D eigenvalue weighted by atomic mass is 9.89. The van der Waals surface area contributed by atoms with Crippen molar-refractivity contribution in [3.63, 3.8) is 0 Å². The molecule has 1 aliphatic heterocycles. The molecule has 0 unspecified atom stereocenters. The molecule has 0 saturated heterocycles. The molecule has 0 bridgehead atoms. The van der Waals surface area contributed by atoms with Gasteiger partial charge in [0.1, 0.15) is 6.04 Å². The highest BCUT2D eigenvalue weighted by molar-refractivity contribution is 7.92. The van der Waals surface area contributed by atoms with E-state index < -0.39 is 16.1 Å². The molecule has 0 amide bonds. The first-order chi connectivity index (χ1) is 15.5. The molecule has 164 valence electrons. The number of nitrogens with one attached hydrogen (secondary N) is 1. The van der Waals surface area contributed by atoms with Crippen molar-refractivity contribution in [1.82, 2.24) is 0 Å².